The molecular weight excluding hydrogens is 274 g/mol. The van der Waals surface area contributed by atoms with Crippen LogP contribution in [0.5, 0.6) is 0 Å². The standard InChI is InChI=1S/C18H29N3O/c1-3-21(4-2)14-16-10-6-5-9-15(16)13-20-18(22)17-11-7-8-12-19-17/h5-6,9-10,17,19H,3-4,7-8,11-14H2,1-2H3,(H,20,22)/t17-/m1/s1. The van der Waals surface area contributed by atoms with E-state index in [9.17, 15) is 4.79 Å². The molecule has 0 radical (unpaired) electrons. The Labute approximate surface area is 134 Å². The molecular formula is C18H29N3O. The number of nitrogens with zero attached hydrogens (tertiary/aromatic N) is 1. The van der Waals surface area contributed by atoms with E-state index in [0.717, 1.165) is 39.0 Å². The summed E-state index contributed by atoms with van der Waals surface area (Å²) < 4.78 is 0. The molecule has 2 N–H and O–H groups in total. The molecule has 0 aliphatic carbocycles. The third-order valence-corrected chi connectivity index (χ3v) is 4.49. The summed E-state index contributed by atoms with van der Waals surface area (Å²) in [5.41, 5.74) is 2.53. The Bertz CT molecular complexity index is 465. The van der Waals surface area contributed by atoms with Crippen molar-refractivity contribution in [2.45, 2.75) is 52.2 Å². The van der Waals surface area contributed by atoms with Crippen molar-refractivity contribution < 1.29 is 4.79 Å². The van der Waals surface area contributed by atoms with E-state index in [-0.39, 0.29) is 11.9 Å². The van der Waals surface area contributed by atoms with Crippen molar-refractivity contribution in [3.05, 3.63) is 35.4 Å². The first kappa shape index (κ1) is 17.0. The second-order valence-corrected chi connectivity index (χ2v) is 5.95. The first-order valence-corrected chi connectivity index (χ1v) is 8.54. The van der Waals surface area contributed by atoms with Crippen LogP contribution < -0.4 is 10.6 Å². The predicted octanol–water partition coefficient (Wildman–Crippen LogP) is 2.29. The van der Waals surface area contributed by atoms with E-state index in [1.54, 1.807) is 0 Å². The van der Waals surface area contributed by atoms with Crippen LogP contribution in [0, 0.1) is 0 Å². The minimum Gasteiger partial charge on any atom is -0.351 e. The number of hydrogen-bond acceptors (Lipinski definition) is 3. The van der Waals surface area contributed by atoms with Crippen molar-refractivity contribution in [1.29, 1.82) is 0 Å². The minimum atomic E-state index is -0.0105. The van der Waals surface area contributed by atoms with Gasteiger partial charge in [0.1, 0.15) is 0 Å². The molecule has 1 saturated heterocycles. The van der Waals surface area contributed by atoms with E-state index < -0.39 is 0 Å². The van der Waals surface area contributed by atoms with Crippen LogP contribution in [0.2, 0.25) is 0 Å². The van der Waals surface area contributed by atoms with Crippen molar-refractivity contribution >= 4 is 5.91 Å². The number of nitrogens with one attached hydrogen (secondary N) is 2. The minimum absolute atomic E-state index is 0.0105. The Morgan fingerprint density at radius 3 is 2.59 bits per heavy atom. The molecule has 4 heteroatoms. The molecule has 0 aromatic heterocycles. The Hall–Kier alpha value is -1.39. The molecule has 1 fully saturated rings. The van der Waals surface area contributed by atoms with Gasteiger partial charge in [-0.1, -0.05) is 44.5 Å². The van der Waals surface area contributed by atoms with Gasteiger partial charge in [-0.3, -0.25) is 9.69 Å². The van der Waals surface area contributed by atoms with Gasteiger partial charge >= 0.3 is 0 Å². The first-order chi connectivity index (χ1) is 10.7. The quantitative estimate of drug-likeness (QED) is 0.812. The van der Waals surface area contributed by atoms with Crippen LogP contribution >= 0.6 is 0 Å². The molecule has 0 saturated carbocycles. The van der Waals surface area contributed by atoms with Crippen molar-refractivity contribution in [3.8, 4) is 0 Å². The molecule has 1 amide bonds. The number of amides is 1. The maximum atomic E-state index is 12.2. The molecule has 2 rings (SSSR count). The fraction of sp³-hybridized carbons (Fsp3) is 0.611. The van der Waals surface area contributed by atoms with Gasteiger partial charge in [-0.15, -0.1) is 0 Å². The Balaban J connectivity index is 1.93. The van der Waals surface area contributed by atoms with Gasteiger partial charge in [0.25, 0.3) is 0 Å². The molecule has 1 aliphatic heterocycles. The highest BCUT2D eigenvalue weighted by atomic mass is 16.2. The second-order valence-electron chi connectivity index (χ2n) is 5.95. The van der Waals surface area contributed by atoms with Gasteiger partial charge in [-0.2, -0.15) is 0 Å². The molecule has 122 valence electrons. The van der Waals surface area contributed by atoms with Crippen molar-refractivity contribution in [1.82, 2.24) is 15.5 Å². The molecule has 0 unspecified atom stereocenters. The molecule has 0 spiro atoms. The van der Waals surface area contributed by atoms with Crippen LogP contribution in [-0.2, 0) is 17.9 Å². The highest BCUT2D eigenvalue weighted by Crippen LogP contribution is 2.12. The van der Waals surface area contributed by atoms with E-state index >= 15 is 0 Å². The maximum Gasteiger partial charge on any atom is 0.237 e. The fourth-order valence-corrected chi connectivity index (χ4v) is 2.95. The number of carbonyl (C=O) groups is 1. The van der Waals surface area contributed by atoms with Crippen LogP contribution in [0.3, 0.4) is 0 Å². The zero-order chi connectivity index (χ0) is 15.8. The van der Waals surface area contributed by atoms with Crippen LogP contribution in [0.25, 0.3) is 0 Å². The summed E-state index contributed by atoms with van der Waals surface area (Å²) in [7, 11) is 0. The lowest BCUT2D eigenvalue weighted by Gasteiger charge is -2.23. The zero-order valence-corrected chi connectivity index (χ0v) is 13.9. The van der Waals surface area contributed by atoms with Crippen molar-refractivity contribution in [2.75, 3.05) is 19.6 Å². The molecule has 1 aromatic rings. The van der Waals surface area contributed by atoms with Gasteiger partial charge in [0, 0.05) is 13.1 Å². The number of piperidine rings is 1. The number of benzene rings is 1. The highest BCUT2D eigenvalue weighted by Gasteiger charge is 2.20. The lowest BCUT2D eigenvalue weighted by molar-refractivity contribution is -0.123. The Kier molecular flexibility index (Phi) is 6.87. The predicted molar refractivity (Wildman–Crippen MR) is 90.6 cm³/mol. The summed E-state index contributed by atoms with van der Waals surface area (Å²) >= 11 is 0. The largest absolute Gasteiger partial charge is 0.351 e. The number of carbonyl (C=O) groups excluding carboxylic acids is 1. The van der Waals surface area contributed by atoms with E-state index in [4.69, 9.17) is 0 Å². The van der Waals surface area contributed by atoms with E-state index in [1.165, 1.54) is 17.5 Å². The molecule has 22 heavy (non-hydrogen) atoms. The summed E-state index contributed by atoms with van der Waals surface area (Å²) in [5.74, 6) is 0.136. The second kappa shape index (κ2) is 8.91. The van der Waals surface area contributed by atoms with Gasteiger partial charge in [0.2, 0.25) is 5.91 Å². The summed E-state index contributed by atoms with van der Waals surface area (Å²) in [6.45, 7) is 8.98. The molecule has 1 atom stereocenters. The normalized spacial score (nSPS) is 18.4. The monoisotopic (exact) mass is 303 g/mol. The van der Waals surface area contributed by atoms with E-state index in [0.29, 0.717) is 6.54 Å². The van der Waals surface area contributed by atoms with E-state index in [2.05, 4.69) is 47.6 Å². The Morgan fingerprint density at radius 2 is 1.95 bits per heavy atom. The lowest BCUT2D eigenvalue weighted by atomic mass is 10.0. The maximum absolute atomic E-state index is 12.2. The molecule has 1 aliphatic rings. The van der Waals surface area contributed by atoms with Gasteiger partial charge in [-0.25, -0.2) is 0 Å². The Morgan fingerprint density at radius 1 is 1.23 bits per heavy atom. The highest BCUT2D eigenvalue weighted by molar-refractivity contribution is 5.81. The summed E-state index contributed by atoms with van der Waals surface area (Å²) in [6, 6.07) is 8.40. The topological polar surface area (TPSA) is 44.4 Å². The van der Waals surface area contributed by atoms with Crippen LogP contribution in [0.4, 0.5) is 0 Å². The number of rotatable bonds is 7. The van der Waals surface area contributed by atoms with Crippen molar-refractivity contribution in [3.63, 3.8) is 0 Å². The molecule has 0 bridgehead atoms. The van der Waals surface area contributed by atoms with Crippen LogP contribution in [-0.4, -0.2) is 36.5 Å². The molecule has 1 heterocycles. The van der Waals surface area contributed by atoms with Gasteiger partial charge in [-0.05, 0) is 43.6 Å². The van der Waals surface area contributed by atoms with Crippen molar-refractivity contribution in [2.24, 2.45) is 0 Å². The lowest BCUT2D eigenvalue weighted by Crippen LogP contribution is -2.46. The van der Waals surface area contributed by atoms with Gasteiger partial charge < -0.3 is 10.6 Å². The van der Waals surface area contributed by atoms with Crippen LogP contribution in [0.1, 0.15) is 44.2 Å². The first-order valence-electron chi connectivity index (χ1n) is 8.54. The summed E-state index contributed by atoms with van der Waals surface area (Å²) in [5, 5.41) is 6.40. The third kappa shape index (κ3) is 4.82. The number of hydrogen-bond donors (Lipinski definition) is 2. The molecule has 1 aromatic carbocycles. The van der Waals surface area contributed by atoms with Gasteiger partial charge in [0.05, 0.1) is 6.04 Å². The van der Waals surface area contributed by atoms with Crippen LogP contribution in [0.15, 0.2) is 24.3 Å². The zero-order valence-electron chi connectivity index (χ0n) is 13.9. The smallest absolute Gasteiger partial charge is 0.237 e. The SMILES string of the molecule is CCN(CC)Cc1ccccc1CNC(=O)[C@H]1CCCCN1. The average molecular weight is 303 g/mol. The van der Waals surface area contributed by atoms with Gasteiger partial charge in [0.15, 0.2) is 0 Å². The summed E-state index contributed by atoms with van der Waals surface area (Å²) in [6.07, 6.45) is 3.27. The average Bonchev–Trinajstić information content (AvgIpc) is 2.59. The fourth-order valence-electron chi connectivity index (χ4n) is 2.95. The third-order valence-electron chi connectivity index (χ3n) is 4.49. The van der Waals surface area contributed by atoms with E-state index in [1.807, 2.05) is 6.07 Å². The summed E-state index contributed by atoms with van der Waals surface area (Å²) in [4.78, 5) is 14.6. The molecule has 4 nitrogen and oxygen atoms in total.